The van der Waals surface area contributed by atoms with Gasteiger partial charge in [0.15, 0.2) is 0 Å². The minimum absolute atomic E-state index is 0.778. The van der Waals surface area contributed by atoms with Crippen LogP contribution in [0.4, 0.5) is 22.7 Å². The van der Waals surface area contributed by atoms with E-state index in [4.69, 9.17) is 9.47 Å². The molecule has 4 aromatic rings. The zero-order valence-corrected chi connectivity index (χ0v) is 29.2. The highest BCUT2D eigenvalue weighted by Gasteiger charge is 2.22. The highest BCUT2D eigenvalue weighted by molar-refractivity contribution is 5.89. The van der Waals surface area contributed by atoms with E-state index in [2.05, 4.69) is 158 Å². The number of ether oxygens (including phenoxy) is 2. The maximum Gasteiger partial charge on any atom is 0.0701 e. The van der Waals surface area contributed by atoms with Crippen molar-refractivity contribution in [1.82, 2.24) is 0 Å². The summed E-state index contributed by atoms with van der Waals surface area (Å²) in [6.45, 7) is 9.60. The molecule has 3 heterocycles. The van der Waals surface area contributed by atoms with Crippen molar-refractivity contribution >= 4 is 34.1 Å². The molecule has 0 bridgehead atoms. The molecule has 0 aromatic heterocycles. The van der Waals surface area contributed by atoms with Gasteiger partial charge in [-0.3, -0.25) is 0 Å². The molecule has 3 aliphatic rings. The molecule has 0 unspecified atom stereocenters. The predicted octanol–water partition coefficient (Wildman–Crippen LogP) is 9.55. The number of anilines is 4. The number of fused-ring (bicyclic) bond motifs is 2. The average Bonchev–Trinajstić information content (AvgIpc) is 3.14. The standard InChI is InChI=1S/2C19H22N2.C4H8O2/c2*1-3-9-15-14-21(2)18-13-8-7-12-17(18)19(15)20-16-10-5-4-6-11-16;1-2-6-4-3-5-1/h2*4-8,10-13,20H,3,9,14H2,1-2H3;1-4H2. The van der Waals surface area contributed by atoms with Crippen LogP contribution in [0, 0.1) is 0 Å². The maximum absolute atomic E-state index is 4.94. The molecule has 0 radical (unpaired) electrons. The van der Waals surface area contributed by atoms with Crippen molar-refractivity contribution in [3.63, 3.8) is 0 Å². The van der Waals surface area contributed by atoms with E-state index in [9.17, 15) is 0 Å². The number of nitrogens with zero attached hydrogens (tertiary/aromatic N) is 2. The Morgan fingerprint density at radius 2 is 0.854 bits per heavy atom. The maximum atomic E-state index is 4.94. The van der Waals surface area contributed by atoms with Crippen LogP contribution in [-0.2, 0) is 9.47 Å². The third-order valence-electron chi connectivity index (χ3n) is 8.67. The minimum Gasteiger partial charge on any atom is -0.377 e. The van der Waals surface area contributed by atoms with Gasteiger partial charge in [-0.1, -0.05) is 99.5 Å². The van der Waals surface area contributed by atoms with Crippen molar-refractivity contribution in [2.75, 3.05) is 74.0 Å². The monoisotopic (exact) mass is 644 g/mol. The second-order valence-electron chi connectivity index (χ2n) is 12.4. The van der Waals surface area contributed by atoms with Gasteiger partial charge in [0, 0.05) is 72.5 Å². The molecule has 0 spiro atoms. The summed E-state index contributed by atoms with van der Waals surface area (Å²) in [7, 11) is 4.35. The largest absolute Gasteiger partial charge is 0.377 e. The Morgan fingerprint density at radius 1 is 0.500 bits per heavy atom. The number of para-hydroxylation sites is 4. The number of nitrogens with one attached hydrogen (secondary N) is 2. The molecule has 2 N–H and O–H groups in total. The first-order chi connectivity index (χ1) is 23.6. The van der Waals surface area contributed by atoms with Gasteiger partial charge in [0.1, 0.15) is 0 Å². The fraction of sp³-hybridized carbons (Fsp3) is 0.333. The Morgan fingerprint density at radius 3 is 1.21 bits per heavy atom. The van der Waals surface area contributed by atoms with Crippen LogP contribution >= 0.6 is 0 Å². The van der Waals surface area contributed by atoms with Gasteiger partial charge in [0.2, 0.25) is 0 Å². The van der Waals surface area contributed by atoms with Gasteiger partial charge >= 0.3 is 0 Å². The summed E-state index contributed by atoms with van der Waals surface area (Å²) in [5.74, 6) is 0. The van der Waals surface area contributed by atoms with Crippen LogP contribution in [-0.4, -0.2) is 53.6 Å². The van der Waals surface area contributed by atoms with Gasteiger partial charge in [-0.2, -0.15) is 0 Å². The minimum atomic E-state index is 0.778. The molecule has 252 valence electrons. The topological polar surface area (TPSA) is 49.0 Å². The summed E-state index contributed by atoms with van der Waals surface area (Å²) in [6.07, 6.45) is 4.61. The highest BCUT2D eigenvalue weighted by Crippen LogP contribution is 2.37. The second-order valence-corrected chi connectivity index (χ2v) is 12.4. The lowest BCUT2D eigenvalue weighted by atomic mass is 9.96. The first-order valence-electron chi connectivity index (χ1n) is 17.4. The molecule has 48 heavy (non-hydrogen) atoms. The molecule has 0 aliphatic carbocycles. The Kier molecular flexibility index (Phi) is 13.2. The Balaban J connectivity index is 0.000000160. The lowest BCUT2D eigenvalue weighted by Gasteiger charge is -2.32. The van der Waals surface area contributed by atoms with Crippen LogP contribution in [0.2, 0.25) is 0 Å². The molecule has 6 heteroatoms. The molecule has 3 aliphatic heterocycles. The highest BCUT2D eigenvalue weighted by atomic mass is 16.6. The lowest BCUT2D eigenvalue weighted by molar-refractivity contribution is -0.0334. The Bertz CT molecular complexity index is 1500. The van der Waals surface area contributed by atoms with Gasteiger partial charge in [-0.15, -0.1) is 0 Å². The van der Waals surface area contributed by atoms with Gasteiger partial charge in [0.05, 0.1) is 26.4 Å². The number of rotatable bonds is 8. The molecule has 4 aromatic carbocycles. The predicted molar refractivity (Wildman–Crippen MR) is 205 cm³/mol. The first kappa shape index (κ1) is 34.8. The van der Waals surface area contributed by atoms with E-state index in [1.54, 1.807) is 0 Å². The number of hydrogen-bond acceptors (Lipinski definition) is 6. The zero-order valence-electron chi connectivity index (χ0n) is 29.2. The van der Waals surface area contributed by atoms with E-state index in [-0.39, 0.29) is 0 Å². The fourth-order valence-corrected chi connectivity index (χ4v) is 6.41. The summed E-state index contributed by atoms with van der Waals surface area (Å²) >= 11 is 0. The van der Waals surface area contributed by atoms with Crippen LogP contribution in [0.15, 0.2) is 120 Å². The third kappa shape index (κ3) is 9.30. The van der Waals surface area contributed by atoms with E-state index in [1.807, 2.05) is 0 Å². The van der Waals surface area contributed by atoms with E-state index >= 15 is 0 Å². The molecule has 1 saturated heterocycles. The Hall–Kier alpha value is -4.52. The molecule has 0 atom stereocenters. The second kappa shape index (κ2) is 18.1. The average molecular weight is 645 g/mol. The number of hydrogen-bond donors (Lipinski definition) is 2. The first-order valence-corrected chi connectivity index (χ1v) is 17.4. The van der Waals surface area contributed by atoms with E-state index in [0.717, 1.165) is 63.7 Å². The van der Waals surface area contributed by atoms with Crippen LogP contribution in [0.3, 0.4) is 0 Å². The van der Waals surface area contributed by atoms with E-state index in [1.165, 1.54) is 57.9 Å². The van der Waals surface area contributed by atoms with Crippen molar-refractivity contribution in [3.8, 4) is 0 Å². The number of likely N-dealkylation sites (N-methyl/N-ethyl adjacent to an activating group) is 2. The molecule has 6 nitrogen and oxygen atoms in total. The smallest absolute Gasteiger partial charge is 0.0701 e. The Labute approximate surface area is 288 Å². The zero-order chi connectivity index (χ0) is 33.6. The van der Waals surface area contributed by atoms with Gasteiger partial charge in [-0.25, -0.2) is 0 Å². The lowest BCUT2D eigenvalue weighted by Crippen LogP contribution is -2.27. The quantitative estimate of drug-likeness (QED) is 0.199. The van der Waals surface area contributed by atoms with E-state index in [0.29, 0.717) is 0 Å². The molecule has 0 amide bonds. The number of benzene rings is 4. The molecule has 1 fully saturated rings. The summed E-state index contributed by atoms with van der Waals surface area (Å²) < 4.78 is 9.89. The van der Waals surface area contributed by atoms with Gasteiger partial charge in [0.25, 0.3) is 0 Å². The van der Waals surface area contributed by atoms with Crippen LogP contribution in [0.25, 0.3) is 11.4 Å². The van der Waals surface area contributed by atoms with Gasteiger partial charge in [-0.05, 0) is 60.4 Å². The molecular weight excluding hydrogens is 592 g/mol. The van der Waals surface area contributed by atoms with Crippen molar-refractivity contribution in [1.29, 1.82) is 0 Å². The summed E-state index contributed by atoms with van der Waals surface area (Å²) in [5, 5.41) is 7.29. The summed E-state index contributed by atoms with van der Waals surface area (Å²) in [5.41, 5.74) is 13.1. The summed E-state index contributed by atoms with van der Waals surface area (Å²) in [4.78, 5) is 4.69. The van der Waals surface area contributed by atoms with Crippen molar-refractivity contribution in [2.24, 2.45) is 0 Å². The van der Waals surface area contributed by atoms with Crippen LogP contribution in [0.1, 0.15) is 50.7 Å². The normalized spacial score (nSPS) is 15.3. The van der Waals surface area contributed by atoms with E-state index < -0.39 is 0 Å². The van der Waals surface area contributed by atoms with Gasteiger partial charge < -0.3 is 29.9 Å². The molecule has 7 rings (SSSR count). The fourth-order valence-electron chi connectivity index (χ4n) is 6.41. The van der Waals surface area contributed by atoms with Crippen LogP contribution in [0.5, 0.6) is 0 Å². The van der Waals surface area contributed by atoms with Crippen molar-refractivity contribution in [3.05, 3.63) is 131 Å². The van der Waals surface area contributed by atoms with Crippen molar-refractivity contribution in [2.45, 2.75) is 39.5 Å². The molecular formula is C42H52N4O2. The molecule has 0 saturated carbocycles. The third-order valence-corrected chi connectivity index (χ3v) is 8.67. The van der Waals surface area contributed by atoms with Crippen molar-refractivity contribution < 1.29 is 9.47 Å². The summed E-state index contributed by atoms with van der Waals surface area (Å²) in [6, 6.07) is 38.2. The van der Waals surface area contributed by atoms with Crippen LogP contribution < -0.4 is 20.4 Å². The SMILES string of the molecule is C1COCCO1.CCCC1=C(Nc2ccccc2)c2ccccc2N(C)C1.CCCC1=C(Nc2ccccc2)c2ccccc2N(C)C1.